The van der Waals surface area contributed by atoms with Crippen molar-refractivity contribution in [3.05, 3.63) is 6.25 Å². The van der Waals surface area contributed by atoms with Gasteiger partial charge in [0.2, 0.25) is 0 Å². The van der Waals surface area contributed by atoms with Gasteiger partial charge in [0.15, 0.2) is 0 Å². The Morgan fingerprint density at radius 3 is 1.67 bits per heavy atom. The Balaban J connectivity index is 2.86. The molecule has 0 nitrogen and oxygen atoms in total. The van der Waals surface area contributed by atoms with E-state index in [0.717, 1.165) is 49.0 Å². The SMILES string of the molecule is CCCCCCCCCCCCC=[CH][K]. The second-order valence-corrected chi connectivity index (χ2v) is 5.58. The zero-order valence-electron chi connectivity index (χ0n) is 10.9. The zero-order chi connectivity index (χ0) is 11.2. The van der Waals surface area contributed by atoms with E-state index in [1.54, 1.807) is 0 Å². The molecule has 0 aromatic rings. The standard InChI is InChI=1S/C14H27.K/c1-3-5-7-9-11-13-14-12-10-8-6-4-2;/h1,3H,4-14H2,2H3;. The molecule has 0 amide bonds. The van der Waals surface area contributed by atoms with Gasteiger partial charge in [-0.3, -0.25) is 0 Å². The minimum absolute atomic E-state index is 0.922. The van der Waals surface area contributed by atoms with Crippen LogP contribution in [-0.2, 0) is 0 Å². The normalized spacial score (nSPS) is 11.4. The van der Waals surface area contributed by atoms with Crippen molar-refractivity contribution >= 4 is 49.0 Å². The quantitative estimate of drug-likeness (QED) is 0.349. The topological polar surface area (TPSA) is 0 Å². The van der Waals surface area contributed by atoms with Gasteiger partial charge in [-0.1, -0.05) is 13.3 Å². The number of allylic oxidation sites excluding steroid dienone is 1. The third-order valence-electron chi connectivity index (χ3n) is 2.96. The molecule has 0 fully saturated rings. The van der Waals surface area contributed by atoms with E-state index in [4.69, 9.17) is 0 Å². The molecule has 0 unspecified atom stereocenters. The molecule has 1 heteroatoms. The van der Waals surface area contributed by atoms with Gasteiger partial charge in [-0.2, -0.15) is 0 Å². The number of hydrogen-bond acceptors (Lipinski definition) is 0. The third kappa shape index (κ3) is 15.4. The molecule has 0 radical (unpaired) electrons. The Labute approximate surface area is 131 Å². The van der Waals surface area contributed by atoms with Gasteiger partial charge in [-0.15, -0.1) is 0 Å². The van der Waals surface area contributed by atoms with Crippen LogP contribution in [0.4, 0.5) is 0 Å². The molecule has 0 saturated carbocycles. The summed E-state index contributed by atoms with van der Waals surface area (Å²) in [6.45, 7) is 2.29. The molecule has 0 aliphatic rings. The van der Waals surface area contributed by atoms with Crippen LogP contribution in [0, 0.1) is 0 Å². The predicted molar refractivity (Wildman–Crippen MR) is 71.4 cm³/mol. The number of hydrogen-bond donors (Lipinski definition) is 0. The molecule has 15 heavy (non-hydrogen) atoms. The fraction of sp³-hybridized carbons (Fsp3) is 0.857. The van der Waals surface area contributed by atoms with E-state index in [2.05, 4.69) is 13.2 Å². The number of unbranched alkanes of at least 4 members (excludes halogenated alkanes) is 10. The summed E-state index contributed by atoms with van der Waals surface area (Å²) in [5, 5.41) is 0. The molecule has 84 valence electrons. The fourth-order valence-corrected chi connectivity index (χ4v) is 2.44. The van der Waals surface area contributed by atoms with E-state index < -0.39 is 0 Å². The van der Waals surface area contributed by atoms with Gasteiger partial charge in [0, 0.05) is 0 Å². The Kier molecular flexibility index (Phi) is 16.8. The Morgan fingerprint density at radius 2 is 1.20 bits per heavy atom. The van der Waals surface area contributed by atoms with Crippen molar-refractivity contribution in [2.24, 2.45) is 0 Å². The van der Waals surface area contributed by atoms with Crippen molar-refractivity contribution in [3.63, 3.8) is 0 Å². The zero-order valence-corrected chi connectivity index (χ0v) is 14.1. The Bertz CT molecular complexity index is 129. The summed E-state index contributed by atoms with van der Waals surface area (Å²) >= 11 is 0.922. The molecule has 0 saturated heterocycles. The molecule has 0 aliphatic heterocycles. The van der Waals surface area contributed by atoms with Crippen molar-refractivity contribution in [1.29, 1.82) is 0 Å². The summed E-state index contributed by atoms with van der Waals surface area (Å²) in [6, 6.07) is 0. The second kappa shape index (κ2) is 15.4. The van der Waals surface area contributed by atoms with Gasteiger partial charge in [0.05, 0.1) is 0 Å². The maximum atomic E-state index is 2.37. The van der Waals surface area contributed by atoms with Crippen LogP contribution >= 0.6 is 0 Å². The molecule has 0 N–H and O–H groups in total. The van der Waals surface area contributed by atoms with Gasteiger partial charge in [-0.25, -0.2) is 0 Å². The molecule has 0 aliphatic carbocycles. The van der Waals surface area contributed by atoms with Crippen molar-refractivity contribution in [3.8, 4) is 0 Å². The summed E-state index contributed by atoms with van der Waals surface area (Å²) in [6.07, 6.45) is 18.2. The molecular formula is C14H27K. The van der Waals surface area contributed by atoms with Gasteiger partial charge >= 0.3 is 119 Å². The summed E-state index contributed by atoms with van der Waals surface area (Å²) in [5.41, 5.74) is 0. The van der Waals surface area contributed by atoms with E-state index in [1.165, 1.54) is 70.6 Å². The van der Waals surface area contributed by atoms with Crippen LogP contribution in [-0.4, -0.2) is 49.0 Å². The molecule has 0 atom stereocenters. The molecule has 0 rings (SSSR count). The predicted octanol–water partition coefficient (Wildman–Crippen LogP) is 4.98. The van der Waals surface area contributed by atoms with Crippen molar-refractivity contribution < 1.29 is 0 Å². The maximum absolute atomic E-state index is 2.37. The van der Waals surface area contributed by atoms with Crippen LogP contribution in [0.15, 0.2) is 6.25 Å². The minimum atomic E-state index is 0.922. The van der Waals surface area contributed by atoms with E-state index in [9.17, 15) is 0 Å². The first-order chi connectivity index (χ1) is 7.41. The first-order valence-corrected chi connectivity index (χ1v) is 8.83. The first-order valence-electron chi connectivity index (χ1n) is 7.03. The van der Waals surface area contributed by atoms with Crippen LogP contribution in [0.3, 0.4) is 0 Å². The van der Waals surface area contributed by atoms with E-state index in [-0.39, 0.29) is 0 Å². The molecule has 0 spiro atoms. The first kappa shape index (κ1) is 16.4. The molecule has 0 bridgehead atoms. The van der Waals surface area contributed by atoms with Gasteiger partial charge in [0.25, 0.3) is 0 Å². The Morgan fingerprint density at radius 1 is 0.733 bits per heavy atom. The van der Waals surface area contributed by atoms with Crippen LogP contribution in [0.2, 0.25) is 0 Å². The van der Waals surface area contributed by atoms with Crippen LogP contribution < -0.4 is 0 Å². The third-order valence-corrected chi connectivity index (χ3v) is 3.70. The molecular weight excluding hydrogens is 207 g/mol. The molecule has 0 heterocycles. The van der Waals surface area contributed by atoms with Crippen LogP contribution in [0.1, 0.15) is 77.6 Å². The van der Waals surface area contributed by atoms with Crippen molar-refractivity contribution in [1.82, 2.24) is 0 Å². The van der Waals surface area contributed by atoms with Gasteiger partial charge in [-0.05, 0) is 0 Å². The van der Waals surface area contributed by atoms with Gasteiger partial charge < -0.3 is 0 Å². The van der Waals surface area contributed by atoms with E-state index in [1.807, 2.05) is 0 Å². The summed E-state index contributed by atoms with van der Waals surface area (Å²) < 4.78 is 2.35. The average Bonchev–Trinajstić information content (AvgIpc) is 2.26. The van der Waals surface area contributed by atoms with E-state index >= 15 is 0 Å². The second-order valence-electron chi connectivity index (χ2n) is 4.54. The monoisotopic (exact) mass is 234 g/mol. The molecule has 0 aromatic heterocycles. The van der Waals surface area contributed by atoms with Crippen LogP contribution in [0.25, 0.3) is 0 Å². The summed E-state index contributed by atoms with van der Waals surface area (Å²) in [7, 11) is 0. The molecule has 0 aromatic carbocycles. The van der Waals surface area contributed by atoms with E-state index in [0.29, 0.717) is 0 Å². The summed E-state index contributed by atoms with van der Waals surface area (Å²) in [5.74, 6) is 0. The fourth-order valence-electron chi connectivity index (χ4n) is 1.92. The van der Waals surface area contributed by atoms with Crippen molar-refractivity contribution in [2.45, 2.75) is 77.6 Å². The van der Waals surface area contributed by atoms with Crippen molar-refractivity contribution in [2.75, 3.05) is 0 Å². The average molecular weight is 234 g/mol. The van der Waals surface area contributed by atoms with Crippen LogP contribution in [0.5, 0.6) is 0 Å². The number of rotatable bonds is 11. The Hall–Kier alpha value is 1.38. The van der Waals surface area contributed by atoms with Gasteiger partial charge in [0.1, 0.15) is 0 Å². The summed E-state index contributed by atoms with van der Waals surface area (Å²) in [4.78, 5) is 0.